The lowest BCUT2D eigenvalue weighted by molar-refractivity contribution is 0.317. The molecule has 0 saturated heterocycles. The third-order valence-corrected chi connectivity index (χ3v) is 3.18. The molecule has 0 bridgehead atoms. The molecule has 1 aromatic rings. The average Bonchev–Trinajstić information content (AvgIpc) is 3.25. The van der Waals surface area contributed by atoms with Crippen molar-refractivity contribution in [2.75, 3.05) is 11.4 Å². The molecule has 0 atom stereocenters. The second-order valence-electron chi connectivity index (χ2n) is 4.58. The molecule has 0 aromatic carbocycles. The van der Waals surface area contributed by atoms with Crippen molar-refractivity contribution in [3.8, 4) is 0 Å². The van der Waals surface area contributed by atoms with Crippen LogP contribution in [0.1, 0.15) is 31.9 Å². The number of nitrogens with zero attached hydrogens (tertiary/aromatic N) is 4. The van der Waals surface area contributed by atoms with Crippen LogP contribution in [0.2, 0.25) is 0 Å². The summed E-state index contributed by atoms with van der Waals surface area (Å²) in [6.07, 6.45) is 4.32. The lowest BCUT2D eigenvalue weighted by Gasteiger charge is -2.24. The molecule has 2 rings (SSSR count). The maximum absolute atomic E-state index is 14.2. The monoisotopic (exact) mass is 267 g/mol. The largest absolute Gasteiger partial charge is 0.409 e. The summed E-state index contributed by atoms with van der Waals surface area (Å²) in [6, 6.07) is 0.292. The number of anilines is 1. The number of rotatable bonds is 6. The predicted octanol–water partition coefficient (Wildman–Crippen LogP) is 1.28. The molecule has 104 valence electrons. The van der Waals surface area contributed by atoms with E-state index < -0.39 is 0 Å². The van der Waals surface area contributed by atoms with Crippen molar-refractivity contribution in [2.24, 2.45) is 10.9 Å². The minimum atomic E-state index is -0.364. The Balaban J connectivity index is 2.19. The van der Waals surface area contributed by atoms with E-state index in [2.05, 4.69) is 15.1 Å². The lowest BCUT2D eigenvalue weighted by Crippen LogP contribution is -2.32. The summed E-state index contributed by atoms with van der Waals surface area (Å²) in [4.78, 5) is 9.86. The minimum absolute atomic E-state index is 0.135. The maximum atomic E-state index is 14.2. The number of hydrogen-bond acceptors (Lipinski definition) is 5. The van der Waals surface area contributed by atoms with Gasteiger partial charge in [0.2, 0.25) is 0 Å². The molecule has 19 heavy (non-hydrogen) atoms. The predicted molar refractivity (Wildman–Crippen MR) is 69.8 cm³/mol. The Hall–Kier alpha value is -1.92. The van der Waals surface area contributed by atoms with E-state index in [1.54, 1.807) is 0 Å². The van der Waals surface area contributed by atoms with E-state index in [0.717, 1.165) is 12.8 Å². The fourth-order valence-electron chi connectivity index (χ4n) is 1.98. The van der Waals surface area contributed by atoms with Crippen LogP contribution in [0.15, 0.2) is 11.5 Å². The van der Waals surface area contributed by atoms with E-state index >= 15 is 0 Å². The van der Waals surface area contributed by atoms with Crippen LogP contribution in [0.25, 0.3) is 0 Å². The van der Waals surface area contributed by atoms with Crippen LogP contribution in [0.3, 0.4) is 0 Å². The molecule has 0 radical (unpaired) electrons. The highest BCUT2D eigenvalue weighted by atomic mass is 19.1. The molecule has 0 aliphatic heterocycles. The number of oxime groups is 1. The van der Waals surface area contributed by atoms with Gasteiger partial charge in [0.15, 0.2) is 11.6 Å². The Bertz CT molecular complexity index is 475. The topological polar surface area (TPSA) is 87.6 Å². The molecule has 0 spiro atoms. The van der Waals surface area contributed by atoms with Crippen molar-refractivity contribution in [1.29, 1.82) is 0 Å². The van der Waals surface area contributed by atoms with Gasteiger partial charge < -0.3 is 15.8 Å². The van der Waals surface area contributed by atoms with Crippen molar-refractivity contribution < 1.29 is 9.60 Å². The third-order valence-electron chi connectivity index (χ3n) is 3.18. The van der Waals surface area contributed by atoms with Gasteiger partial charge in [0.25, 0.3) is 0 Å². The smallest absolute Gasteiger partial charge is 0.187 e. The van der Waals surface area contributed by atoms with Crippen molar-refractivity contribution in [1.82, 2.24) is 9.97 Å². The van der Waals surface area contributed by atoms with Gasteiger partial charge in [-0.05, 0) is 19.3 Å². The second kappa shape index (κ2) is 5.81. The molecule has 7 heteroatoms. The molecule has 3 N–H and O–H groups in total. The minimum Gasteiger partial charge on any atom is -0.409 e. The van der Waals surface area contributed by atoms with Crippen LogP contribution in [-0.2, 0) is 6.42 Å². The first-order valence-electron chi connectivity index (χ1n) is 6.39. The van der Waals surface area contributed by atoms with E-state index in [-0.39, 0.29) is 11.7 Å². The molecule has 0 unspecified atom stereocenters. The number of nitrogens with two attached hydrogens (primary N) is 1. The van der Waals surface area contributed by atoms with Gasteiger partial charge in [-0.3, -0.25) is 0 Å². The molecule has 1 aromatic heterocycles. The van der Waals surface area contributed by atoms with Crippen LogP contribution >= 0.6 is 0 Å². The summed E-state index contributed by atoms with van der Waals surface area (Å²) < 4.78 is 14.2. The van der Waals surface area contributed by atoms with Gasteiger partial charge in [-0.25, -0.2) is 14.4 Å². The van der Waals surface area contributed by atoms with Crippen LogP contribution in [-0.4, -0.2) is 33.6 Å². The number of hydrogen-bond donors (Lipinski definition) is 2. The Kier molecular flexibility index (Phi) is 4.13. The molecule has 6 nitrogen and oxygen atoms in total. The van der Waals surface area contributed by atoms with Crippen LogP contribution < -0.4 is 10.6 Å². The van der Waals surface area contributed by atoms with Crippen LogP contribution in [0.4, 0.5) is 10.2 Å². The third kappa shape index (κ3) is 3.10. The van der Waals surface area contributed by atoms with Gasteiger partial charge in [0, 0.05) is 19.0 Å². The lowest BCUT2D eigenvalue weighted by atomic mass is 10.2. The summed E-state index contributed by atoms with van der Waals surface area (Å²) in [5.41, 5.74) is 5.88. The van der Waals surface area contributed by atoms with E-state index in [9.17, 15) is 4.39 Å². The molecular weight excluding hydrogens is 249 g/mol. The maximum Gasteiger partial charge on any atom is 0.187 e. The number of halogens is 1. The van der Waals surface area contributed by atoms with Gasteiger partial charge in [0.05, 0.1) is 5.69 Å². The summed E-state index contributed by atoms with van der Waals surface area (Å²) >= 11 is 0. The van der Waals surface area contributed by atoms with E-state index in [0.29, 0.717) is 36.9 Å². The second-order valence-corrected chi connectivity index (χ2v) is 4.58. The fourth-order valence-corrected chi connectivity index (χ4v) is 1.98. The summed E-state index contributed by atoms with van der Waals surface area (Å²) in [7, 11) is 0. The zero-order valence-corrected chi connectivity index (χ0v) is 10.9. The van der Waals surface area contributed by atoms with E-state index in [1.165, 1.54) is 6.33 Å². The van der Waals surface area contributed by atoms with Crippen molar-refractivity contribution in [2.45, 2.75) is 38.6 Å². The summed E-state index contributed by atoms with van der Waals surface area (Å²) in [6.45, 7) is 2.34. The van der Waals surface area contributed by atoms with Gasteiger partial charge in [-0.1, -0.05) is 12.1 Å². The molecular formula is C12H18FN5O. The molecule has 1 aliphatic carbocycles. The Morgan fingerprint density at radius 3 is 2.89 bits per heavy atom. The molecule has 1 aliphatic rings. The van der Waals surface area contributed by atoms with Crippen LogP contribution in [0, 0.1) is 5.82 Å². The highest BCUT2D eigenvalue weighted by molar-refractivity contribution is 5.80. The first-order chi connectivity index (χ1) is 9.17. The van der Waals surface area contributed by atoms with E-state index in [1.807, 2.05) is 11.8 Å². The SMILES string of the molecule is CCc1ncnc(N(CCC(N)=NO)C2CC2)c1F. The first-order valence-corrected chi connectivity index (χ1v) is 6.39. The molecule has 1 heterocycles. The fraction of sp³-hybridized carbons (Fsp3) is 0.583. The number of aromatic nitrogens is 2. The molecule has 0 amide bonds. The zero-order valence-electron chi connectivity index (χ0n) is 10.9. The van der Waals surface area contributed by atoms with Gasteiger partial charge >= 0.3 is 0 Å². The number of aryl methyl sites for hydroxylation is 1. The number of amidine groups is 1. The van der Waals surface area contributed by atoms with Gasteiger partial charge in [0.1, 0.15) is 12.2 Å². The van der Waals surface area contributed by atoms with Gasteiger partial charge in [-0.2, -0.15) is 0 Å². The Labute approximate surface area is 111 Å². The normalized spacial score (nSPS) is 15.6. The highest BCUT2D eigenvalue weighted by Crippen LogP contribution is 2.32. The molecule has 1 fully saturated rings. The van der Waals surface area contributed by atoms with Crippen molar-refractivity contribution in [3.05, 3.63) is 17.8 Å². The average molecular weight is 267 g/mol. The summed E-state index contributed by atoms with van der Waals surface area (Å²) in [5, 5.41) is 11.5. The Morgan fingerprint density at radius 1 is 1.58 bits per heavy atom. The van der Waals surface area contributed by atoms with Crippen molar-refractivity contribution in [3.63, 3.8) is 0 Å². The van der Waals surface area contributed by atoms with E-state index in [4.69, 9.17) is 10.9 Å². The quantitative estimate of drug-likeness (QED) is 0.351. The van der Waals surface area contributed by atoms with Gasteiger partial charge in [-0.15, -0.1) is 0 Å². The van der Waals surface area contributed by atoms with Crippen LogP contribution in [0.5, 0.6) is 0 Å². The Morgan fingerprint density at radius 2 is 2.32 bits per heavy atom. The zero-order chi connectivity index (χ0) is 13.8. The molecule has 1 saturated carbocycles. The summed E-state index contributed by atoms with van der Waals surface area (Å²) in [5.74, 6) is 0.0901. The highest BCUT2D eigenvalue weighted by Gasteiger charge is 2.32. The standard InChI is InChI=1S/C12H18FN5O/c1-2-9-11(13)12(16-7-15-9)18(8-3-4-8)6-5-10(14)17-19/h7-8,19H,2-6H2,1H3,(H2,14,17). The van der Waals surface area contributed by atoms with Crippen molar-refractivity contribution >= 4 is 11.7 Å². The first kappa shape index (κ1) is 13.5.